The standard InChI is InChI=1S/C18H14N4O2/c23-18-14-3-1-2-4-15(14)21-17(22-18)12-5-7-13(8-6-12)24-16-11-19-9-10-20-16/h1-11,17,21H,(H,22,23)/t17-/m0/s1. The van der Waals surface area contributed by atoms with Gasteiger partial charge < -0.3 is 15.4 Å². The van der Waals surface area contributed by atoms with Crippen molar-refractivity contribution in [3.05, 3.63) is 78.2 Å². The monoisotopic (exact) mass is 318 g/mol. The summed E-state index contributed by atoms with van der Waals surface area (Å²) in [7, 11) is 0. The fraction of sp³-hybridized carbons (Fsp3) is 0.0556. The van der Waals surface area contributed by atoms with Crippen molar-refractivity contribution in [3.8, 4) is 11.6 Å². The average molecular weight is 318 g/mol. The highest BCUT2D eigenvalue weighted by Crippen LogP contribution is 2.27. The number of hydrogen-bond acceptors (Lipinski definition) is 5. The molecule has 1 atom stereocenters. The molecule has 1 aliphatic rings. The molecular formula is C18H14N4O2. The van der Waals surface area contributed by atoms with Crippen molar-refractivity contribution in [2.45, 2.75) is 6.17 Å². The Morgan fingerprint density at radius 2 is 1.79 bits per heavy atom. The van der Waals surface area contributed by atoms with Gasteiger partial charge in [-0.1, -0.05) is 24.3 Å². The molecule has 0 radical (unpaired) electrons. The van der Waals surface area contributed by atoms with Crippen LogP contribution < -0.4 is 15.4 Å². The van der Waals surface area contributed by atoms with Gasteiger partial charge in [0.2, 0.25) is 5.88 Å². The molecule has 2 heterocycles. The summed E-state index contributed by atoms with van der Waals surface area (Å²) < 4.78 is 5.62. The van der Waals surface area contributed by atoms with E-state index in [4.69, 9.17) is 4.74 Å². The summed E-state index contributed by atoms with van der Waals surface area (Å²) >= 11 is 0. The Hall–Kier alpha value is -3.41. The Bertz CT molecular complexity index is 866. The zero-order valence-electron chi connectivity index (χ0n) is 12.6. The van der Waals surface area contributed by atoms with Crippen LogP contribution in [0, 0.1) is 0 Å². The normalized spacial score (nSPS) is 15.8. The molecule has 2 N–H and O–H groups in total. The van der Waals surface area contributed by atoms with Crippen LogP contribution >= 0.6 is 0 Å². The summed E-state index contributed by atoms with van der Waals surface area (Å²) in [6.07, 6.45) is 4.43. The number of anilines is 1. The number of carbonyl (C=O) groups excluding carboxylic acids is 1. The second kappa shape index (κ2) is 6.00. The maximum atomic E-state index is 12.2. The van der Waals surface area contributed by atoms with Gasteiger partial charge in [0.15, 0.2) is 0 Å². The van der Waals surface area contributed by atoms with Crippen molar-refractivity contribution in [2.75, 3.05) is 5.32 Å². The highest BCUT2D eigenvalue weighted by Gasteiger charge is 2.23. The number of fused-ring (bicyclic) bond motifs is 1. The van der Waals surface area contributed by atoms with E-state index in [1.54, 1.807) is 24.7 Å². The minimum Gasteiger partial charge on any atom is -0.438 e. The molecule has 4 rings (SSSR count). The number of para-hydroxylation sites is 1. The van der Waals surface area contributed by atoms with Crippen LogP contribution in [0.1, 0.15) is 22.1 Å². The molecule has 6 nitrogen and oxygen atoms in total. The Morgan fingerprint density at radius 3 is 2.58 bits per heavy atom. The first-order valence-corrected chi connectivity index (χ1v) is 7.50. The SMILES string of the molecule is O=C1N[C@@H](c2ccc(Oc3cnccn3)cc2)Nc2ccccc21. The van der Waals surface area contributed by atoms with Crippen molar-refractivity contribution < 1.29 is 9.53 Å². The third kappa shape index (κ3) is 2.77. The lowest BCUT2D eigenvalue weighted by Crippen LogP contribution is -2.38. The number of rotatable bonds is 3. The van der Waals surface area contributed by atoms with Crippen LogP contribution in [0.15, 0.2) is 67.1 Å². The number of nitrogens with zero attached hydrogens (tertiary/aromatic N) is 2. The second-order valence-corrected chi connectivity index (χ2v) is 5.31. The van der Waals surface area contributed by atoms with Crippen LogP contribution in [-0.2, 0) is 0 Å². The first-order valence-electron chi connectivity index (χ1n) is 7.50. The molecule has 24 heavy (non-hydrogen) atoms. The predicted octanol–water partition coefficient (Wildman–Crippen LogP) is 3.12. The fourth-order valence-corrected chi connectivity index (χ4v) is 2.56. The van der Waals surface area contributed by atoms with E-state index in [1.165, 1.54) is 0 Å². The predicted molar refractivity (Wildman–Crippen MR) is 88.8 cm³/mol. The van der Waals surface area contributed by atoms with Crippen molar-refractivity contribution in [1.82, 2.24) is 15.3 Å². The molecule has 1 aliphatic heterocycles. The van der Waals surface area contributed by atoms with Crippen molar-refractivity contribution in [2.24, 2.45) is 0 Å². The summed E-state index contributed by atoms with van der Waals surface area (Å²) in [6.45, 7) is 0. The Labute approximate surface area is 138 Å². The van der Waals surface area contributed by atoms with Crippen LogP contribution in [0.2, 0.25) is 0 Å². The second-order valence-electron chi connectivity index (χ2n) is 5.31. The minimum absolute atomic E-state index is 0.0887. The van der Waals surface area contributed by atoms with E-state index in [0.29, 0.717) is 17.2 Å². The zero-order valence-corrected chi connectivity index (χ0v) is 12.6. The largest absolute Gasteiger partial charge is 0.438 e. The van der Waals surface area contributed by atoms with Crippen LogP contribution in [0.3, 0.4) is 0 Å². The van der Waals surface area contributed by atoms with E-state index in [0.717, 1.165) is 11.3 Å². The first kappa shape index (κ1) is 14.2. The van der Waals surface area contributed by atoms with Gasteiger partial charge in [0.25, 0.3) is 5.91 Å². The third-order valence-electron chi connectivity index (χ3n) is 3.72. The van der Waals surface area contributed by atoms with Gasteiger partial charge in [0.1, 0.15) is 11.9 Å². The minimum atomic E-state index is -0.280. The van der Waals surface area contributed by atoms with Crippen LogP contribution in [0.25, 0.3) is 0 Å². The van der Waals surface area contributed by atoms with Crippen molar-refractivity contribution >= 4 is 11.6 Å². The molecule has 0 spiro atoms. The number of nitrogens with one attached hydrogen (secondary N) is 2. The number of hydrogen-bond donors (Lipinski definition) is 2. The van der Waals surface area contributed by atoms with Crippen LogP contribution in [0.5, 0.6) is 11.6 Å². The molecule has 0 saturated heterocycles. The molecule has 0 fully saturated rings. The average Bonchev–Trinajstić information content (AvgIpc) is 2.63. The molecule has 0 aliphatic carbocycles. The molecular weight excluding hydrogens is 304 g/mol. The number of aromatic nitrogens is 2. The Morgan fingerprint density at radius 1 is 0.958 bits per heavy atom. The molecule has 1 aromatic heterocycles. The molecule has 6 heteroatoms. The topological polar surface area (TPSA) is 76.1 Å². The molecule has 0 bridgehead atoms. The molecule has 0 unspecified atom stereocenters. The maximum Gasteiger partial charge on any atom is 0.255 e. The number of benzene rings is 2. The van der Waals surface area contributed by atoms with Gasteiger partial charge in [-0.3, -0.25) is 9.78 Å². The summed E-state index contributed by atoms with van der Waals surface area (Å²) in [5.74, 6) is 0.999. The van der Waals surface area contributed by atoms with Gasteiger partial charge in [-0.25, -0.2) is 4.98 Å². The zero-order chi connectivity index (χ0) is 16.4. The van der Waals surface area contributed by atoms with Gasteiger partial charge >= 0.3 is 0 Å². The molecule has 2 aromatic carbocycles. The van der Waals surface area contributed by atoms with Gasteiger partial charge in [-0.05, 0) is 29.8 Å². The molecule has 118 valence electrons. The highest BCUT2D eigenvalue weighted by molar-refractivity contribution is 6.01. The van der Waals surface area contributed by atoms with E-state index < -0.39 is 0 Å². The van der Waals surface area contributed by atoms with Gasteiger partial charge in [-0.2, -0.15) is 0 Å². The Balaban J connectivity index is 1.53. The van der Waals surface area contributed by atoms with Crippen LogP contribution in [-0.4, -0.2) is 15.9 Å². The highest BCUT2D eigenvalue weighted by atomic mass is 16.5. The summed E-state index contributed by atoms with van der Waals surface area (Å²) in [5, 5.41) is 6.26. The third-order valence-corrected chi connectivity index (χ3v) is 3.72. The molecule has 0 saturated carbocycles. The summed E-state index contributed by atoms with van der Waals surface area (Å²) in [5.41, 5.74) is 2.41. The first-order chi connectivity index (χ1) is 11.8. The van der Waals surface area contributed by atoms with E-state index in [-0.39, 0.29) is 12.1 Å². The van der Waals surface area contributed by atoms with Crippen molar-refractivity contribution in [1.29, 1.82) is 0 Å². The van der Waals surface area contributed by atoms with E-state index in [2.05, 4.69) is 20.6 Å². The lowest BCUT2D eigenvalue weighted by Gasteiger charge is -2.28. The van der Waals surface area contributed by atoms with Gasteiger partial charge in [0.05, 0.1) is 11.8 Å². The summed E-state index contributed by atoms with van der Waals surface area (Å²) in [6, 6.07) is 14.9. The van der Waals surface area contributed by atoms with Gasteiger partial charge in [-0.15, -0.1) is 0 Å². The van der Waals surface area contributed by atoms with Gasteiger partial charge in [0, 0.05) is 18.1 Å². The number of ether oxygens (including phenoxy) is 1. The summed E-state index contributed by atoms with van der Waals surface area (Å²) in [4.78, 5) is 20.2. The lowest BCUT2D eigenvalue weighted by atomic mass is 10.1. The maximum absolute atomic E-state index is 12.2. The van der Waals surface area contributed by atoms with E-state index >= 15 is 0 Å². The smallest absolute Gasteiger partial charge is 0.255 e. The van der Waals surface area contributed by atoms with Crippen molar-refractivity contribution in [3.63, 3.8) is 0 Å². The van der Waals surface area contributed by atoms with E-state index in [1.807, 2.05) is 42.5 Å². The quantitative estimate of drug-likeness (QED) is 0.776. The molecule has 3 aromatic rings. The number of amides is 1. The molecule has 1 amide bonds. The van der Waals surface area contributed by atoms with E-state index in [9.17, 15) is 4.79 Å². The fourth-order valence-electron chi connectivity index (χ4n) is 2.56. The Kier molecular flexibility index (Phi) is 3.55. The van der Waals surface area contributed by atoms with Crippen LogP contribution in [0.4, 0.5) is 5.69 Å². The number of carbonyl (C=O) groups is 1. The lowest BCUT2D eigenvalue weighted by molar-refractivity contribution is 0.0935.